The van der Waals surface area contributed by atoms with E-state index < -0.39 is 17.5 Å². The van der Waals surface area contributed by atoms with Crippen molar-refractivity contribution in [2.45, 2.75) is 0 Å². The molecule has 3 rings (SSSR count). The third-order valence-corrected chi connectivity index (χ3v) is 3.34. The van der Waals surface area contributed by atoms with Gasteiger partial charge >= 0.3 is 0 Å². The summed E-state index contributed by atoms with van der Waals surface area (Å²) in [5.41, 5.74) is 0.00626. The van der Waals surface area contributed by atoms with Crippen LogP contribution in [-0.2, 0) is 0 Å². The lowest BCUT2D eigenvalue weighted by molar-refractivity contribution is 0.102. The van der Waals surface area contributed by atoms with Crippen molar-refractivity contribution in [3.63, 3.8) is 0 Å². The van der Waals surface area contributed by atoms with Gasteiger partial charge in [-0.15, -0.1) is 0 Å². The van der Waals surface area contributed by atoms with Gasteiger partial charge in [0.2, 0.25) is 0 Å². The quantitative estimate of drug-likeness (QED) is 0.711. The zero-order valence-electron chi connectivity index (χ0n) is 12.8. The second-order valence-electron chi connectivity index (χ2n) is 5.16. The van der Waals surface area contributed by atoms with Crippen LogP contribution < -0.4 is 10.1 Å². The van der Waals surface area contributed by atoms with Gasteiger partial charge in [-0.1, -0.05) is 0 Å². The second kappa shape index (κ2) is 7.09. The number of hydrogen-bond acceptors (Lipinski definition) is 2. The van der Waals surface area contributed by atoms with E-state index in [2.05, 4.69) is 5.32 Å². The van der Waals surface area contributed by atoms with E-state index in [0.717, 1.165) is 18.2 Å². The monoisotopic (exact) mass is 343 g/mol. The molecule has 3 aromatic rings. The molecule has 0 saturated carbocycles. The summed E-state index contributed by atoms with van der Waals surface area (Å²) in [6.45, 7) is 0. The van der Waals surface area contributed by atoms with Crippen molar-refractivity contribution in [2.75, 3.05) is 5.32 Å². The molecule has 0 aliphatic heterocycles. The van der Waals surface area contributed by atoms with Crippen molar-refractivity contribution in [2.24, 2.45) is 0 Å². The minimum Gasteiger partial charge on any atom is -0.457 e. The molecule has 3 aromatic carbocycles. The summed E-state index contributed by atoms with van der Waals surface area (Å²) >= 11 is 0. The third-order valence-electron chi connectivity index (χ3n) is 3.34. The summed E-state index contributed by atoms with van der Waals surface area (Å²) in [4.78, 5) is 12.1. The molecule has 0 aliphatic carbocycles. The first-order valence-electron chi connectivity index (χ1n) is 7.31. The van der Waals surface area contributed by atoms with E-state index in [4.69, 9.17) is 4.74 Å². The number of anilines is 1. The lowest BCUT2D eigenvalue weighted by atomic mass is 10.2. The normalized spacial score (nSPS) is 10.4. The van der Waals surface area contributed by atoms with Gasteiger partial charge in [0, 0.05) is 11.6 Å². The van der Waals surface area contributed by atoms with Crippen LogP contribution in [0.15, 0.2) is 66.7 Å². The van der Waals surface area contributed by atoms with Crippen molar-refractivity contribution in [3.8, 4) is 11.5 Å². The number of nitrogens with one attached hydrogen (secondary N) is 1. The van der Waals surface area contributed by atoms with Crippen LogP contribution in [0.3, 0.4) is 0 Å². The van der Waals surface area contributed by atoms with Crippen LogP contribution >= 0.6 is 0 Å². The summed E-state index contributed by atoms with van der Waals surface area (Å²) in [5, 5.41) is 2.31. The molecule has 6 heteroatoms. The Hall–Kier alpha value is -3.28. The molecule has 25 heavy (non-hydrogen) atoms. The van der Waals surface area contributed by atoms with Crippen LogP contribution in [-0.4, -0.2) is 5.91 Å². The number of benzene rings is 3. The van der Waals surface area contributed by atoms with Crippen molar-refractivity contribution in [3.05, 3.63) is 89.7 Å². The topological polar surface area (TPSA) is 38.3 Å². The van der Waals surface area contributed by atoms with Crippen molar-refractivity contribution >= 4 is 11.6 Å². The molecule has 0 saturated heterocycles. The number of hydrogen-bond donors (Lipinski definition) is 1. The average molecular weight is 343 g/mol. The fraction of sp³-hybridized carbons (Fsp3) is 0. The molecule has 0 spiro atoms. The number of amides is 1. The van der Waals surface area contributed by atoms with Gasteiger partial charge in [-0.2, -0.15) is 0 Å². The molecule has 1 amide bonds. The SMILES string of the molecule is O=C(Nc1cc(F)ccc1F)c1ccc(Oc2ccc(F)cc2)cc1. The summed E-state index contributed by atoms with van der Waals surface area (Å²) in [6, 6.07) is 14.3. The maximum absolute atomic E-state index is 13.6. The van der Waals surface area contributed by atoms with Crippen molar-refractivity contribution in [1.82, 2.24) is 0 Å². The molecule has 0 aromatic heterocycles. The standard InChI is InChI=1S/C19H12F3NO2/c20-13-3-8-16(9-4-13)25-15-6-1-12(2-7-15)19(24)23-18-11-14(21)5-10-17(18)22/h1-11H,(H,23,24). The van der Waals surface area contributed by atoms with Crippen LogP contribution in [0, 0.1) is 17.5 Å². The van der Waals surface area contributed by atoms with Crippen LogP contribution in [0.4, 0.5) is 18.9 Å². The zero-order chi connectivity index (χ0) is 17.8. The third kappa shape index (κ3) is 4.17. The van der Waals surface area contributed by atoms with Gasteiger partial charge in [0.15, 0.2) is 0 Å². The number of halogens is 3. The number of carbonyl (C=O) groups is 1. The molecule has 0 fully saturated rings. The van der Waals surface area contributed by atoms with Gasteiger partial charge < -0.3 is 10.1 Å². The predicted molar refractivity (Wildman–Crippen MR) is 87.2 cm³/mol. The Balaban J connectivity index is 1.70. The van der Waals surface area contributed by atoms with Gasteiger partial charge in [-0.25, -0.2) is 13.2 Å². The molecule has 1 N–H and O–H groups in total. The van der Waals surface area contributed by atoms with Gasteiger partial charge in [-0.05, 0) is 60.7 Å². The lowest BCUT2D eigenvalue weighted by Crippen LogP contribution is -2.13. The number of carbonyl (C=O) groups excluding carboxylic acids is 1. The maximum Gasteiger partial charge on any atom is 0.255 e. The highest BCUT2D eigenvalue weighted by molar-refractivity contribution is 6.04. The first-order chi connectivity index (χ1) is 12.0. The van der Waals surface area contributed by atoms with E-state index in [1.165, 1.54) is 36.4 Å². The molecule has 3 nitrogen and oxygen atoms in total. The van der Waals surface area contributed by atoms with Gasteiger partial charge in [0.05, 0.1) is 5.69 Å². The Kier molecular flexibility index (Phi) is 4.70. The number of rotatable bonds is 4. The lowest BCUT2D eigenvalue weighted by Gasteiger charge is -2.08. The van der Waals surface area contributed by atoms with E-state index in [-0.39, 0.29) is 17.1 Å². The van der Waals surface area contributed by atoms with E-state index >= 15 is 0 Å². The predicted octanol–water partition coefficient (Wildman–Crippen LogP) is 5.15. The Bertz CT molecular complexity index is 894. The first kappa shape index (κ1) is 16.6. The van der Waals surface area contributed by atoms with Crippen LogP contribution in [0.2, 0.25) is 0 Å². The van der Waals surface area contributed by atoms with E-state index in [1.54, 1.807) is 12.1 Å². The Morgan fingerprint density at radius 2 is 1.32 bits per heavy atom. The van der Waals surface area contributed by atoms with Gasteiger partial charge in [-0.3, -0.25) is 4.79 Å². The molecular weight excluding hydrogens is 331 g/mol. The smallest absolute Gasteiger partial charge is 0.255 e. The minimum atomic E-state index is -0.731. The van der Waals surface area contributed by atoms with E-state index in [1.807, 2.05) is 0 Å². The molecule has 0 atom stereocenters. The molecule has 0 unspecified atom stereocenters. The Morgan fingerprint density at radius 3 is 1.96 bits per heavy atom. The summed E-state index contributed by atoms with van der Waals surface area (Å²) < 4.78 is 45.0. The highest BCUT2D eigenvalue weighted by Gasteiger charge is 2.10. The summed E-state index contributed by atoms with van der Waals surface area (Å²) in [6.07, 6.45) is 0. The molecule has 0 heterocycles. The Labute approximate surface area is 141 Å². The Morgan fingerprint density at radius 1 is 0.760 bits per heavy atom. The largest absolute Gasteiger partial charge is 0.457 e. The highest BCUT2D eigenvalue weighted by atomic mass is 19.1. The van der Waals surface area contributed by atoms with E-state index in [9.17, 15) is 18.0 Å². The maximum atomic E-state index is 13.6. The fourth-order valence-electron chi connectivity index (χ4n) is 2.10. The zero-order valence-corrected chi connectivity index (χ0v) is 12.8. The highest BCUT2D eigenvalue weighted by Crippen LogP contribution is 2.22. The van der Waals surface area contributed by atoms with Gasteiger partial charge in [0.25, 0.3) is 5.91 Å². The van der Waals surface area contributed by atoms with E-state index in [0.29, 0.717) is 11.5 Å². The average Bonchev–Trinajstić information content (AvgIpc) is 2.61. The van der Waals surface area contributed by atoms with Crippen molar-refractivity contribution in [1.29, 1.82) is 0 Å². The second-order valence-corrected chi connectivity index (χ2v) is 5.16. The van der Waals surface area contributed by atoms with Crippen LogP contribution in [0.1, 0.15) is 10.4 Å². The van der Waals surface area contributed by atoms with Gasteiger partial charge in [0.1, 0.15) is 29.0 Å². The van der Waals surface area contributed by atoms with Crippen LogP contribution in [0.5, 0.6) is 11.5 Å². The molecule has 0 aliphatic rings. The molecule has 0 radical (unpaired) electrons. The van der Waals surface area contributed by atoms with Crippen molar-refractivity contribution < 1.29 is 22.7 Å². The summed E-state index contributed by atoms with van der Waals surface area (Å²) in [5.74, 6) is -1.45. The summed E-state index contributed by atoms with van der Waals surface area (Å²) in [7, 11) is 0. The minimum absolute atomic E-state index is 0.239. The molecule has 0 bridgehead atoms. The fourth-order valence-corrected chi connectivity index (χ4v) is 2.10. The number of ether oxygens (including phenoxy) is 1. The first-order valence-corrected chi connectivity index (χ1v) is 7.31. The molecule has 126 valence electrons. The molecular formula is C19H12F3NO2. The van der Waals surface area contributed by atoms with Crippen LogP contribution in [0.25, 0.3) is 0 Å².